The van der Waals surface area contributed by atoms with Crippen molar-refractivity contribution in [2.45, 2.75) is 32.1 Å². The van der Waals surface area contributed by atoms with E-state index in [2.05, 4.69) is 5.32 Å². The first kappa shape index (κ1) is 17.2. The Morgan fingerprint density at radius 1 is 0.957 bits per heavy atom. The van der Waals surface area contributed by atoms with E-state index in [0.29, 0.717) is 5.69 Å². The summed E-state index contributed by atoms with van der Waals surface area (Å²) >= 11 is 0. The van der Waals surface area contributed by atoms with Crippen molar-refractivity contribution >= 4 is 21.4 Å². The maximum atomic E-state index is 12.3. The van der Waals surface area contributed by atoms with E-state index in [1.165, 1.54) is 0 Å². The maximum absolute atomic E-state index is 12.3. The Morgan fingerprint density at radius 3 is 2.22 bits per heavy atom. The van der Waals surface area contributed by atoms with Crippen LogP contribution in [-0.2, 0) is 14.6 Å². The molecule has 0 aliphatic rings. The lowest BCUT2D eigenvalue weighted by atomic mass is 10.1. The van der Waals surface area contributed by atoms with E-state index >= 15 is 0 Å². The molecule has 1 amide bonds. The van der Waals surface area contributed by atoms with Gasteiger partial charge in [-0.1, -0.05) is 23.8 Å². The number of carbonyl (C=O) groups is 1. The van der Waals surface area contributed by atoms with Crippen molar-refractivity contribution in [1.29, 1.82) is 0 Å². The molecule has 0 aliphatic carbocycles. The van der Waals surface area contributed by atoms with Crippen molar-refractivity contribution in [2.24, 2.45) is 0 Å². The lowest BCUT2D eigenvalue weighted by Crippen LogP contribution is -2.17. The zero-order valence-electron chi connectivity index (χ0n) is 13.6. The van der Waals surface area contributed by atoms with E-state index < -0.39 is 9.84 Å². The second-order valence-electron chi connectivity index (χ2n) is 5.73. The molecule has 2 rings (SSSR count). The van der Waals surface area contributed by atoms with Crippen LogP contribution in [0, 0.1) is 20.8 Å². The van der Waals surface area contributed by atoms with Crippen LogP contribution in [0.4, 0.5) is 5.69 Å². The van der Waals surface area contributed by atoms with Crippen molar-refractivity contribution in [3.8, 4) is 0 Å². The first-order chi connectivity index (χ1) is 10.8. The lowest BCUT2D eigenvalue weighted by molar-refractivity contribution is -0.115. The molecule has 4 nitrogen and oxygen atoms in total. The second-order valence-corrected chi connectivity index (χ2v) is 7.84. The monoisotopic (exact) mass is 331 g/mol. The molecule has 1 N–H and O–H groups in total. The van der Waals surface area contributed by atoms with Gasteiger partial charge >= 0.3 is 0 Å². The highest BCUT2D eigenvalue weighted by Gasteiger charge is 2.17. The van der Waals surface area contributed by atoms with Crippen LogP contribution in [0.2, 0.25) is 0 Å². The molecular formula is C18H21NO3S. The van der Waals surface area contributed by atoms with E-state index in [4.69, 9.17) is 0 Å². The maximum Gasteiger partial charge on any atom is 0.225 e. The molecule has 0 fully saturated rings. The van der Waals surface area contributed by atoms with E-state index in [9.17, 15) is 13.2 Å². The molecular weight excluding hydrogens is 310 g/mol. The van der Waals surface area contributed by atoms with Crippen LogP contribution in [0.5, 0.6) is 0 Å². The minimum atomic E-state index is -3.45. The van der Waals surface area contributed by atoms with Gasteiger partial charge in [0.05, 0.1) is 10.6 Å². The summed E-state index contributed by atoms with van der Waals surface area (Å²) in [7, 11) is -3.45. The van der Waals surface area contributed by atoms with Gasteiger partial charge < -0.3 is 5.32 Å². The summed E-state index contributed by atoms with van der Waals surface area (Å²) in [4.78, 5) is 12.2. The fraction of sp³-hybridized carbons (Fsp3) is 0.278. The average molecular weight is 331 g/mol. The van der Waals surface area contributed by atoms with Gasteiger partial charge in [0.25, 0.3) is 0 Å². The number of amides is 1. The third kappa shape index (κ3) is 4.66. The summed E-state index contributed by atoms with van der Waals surface area (Å²) in [5.41, 5.74) is 3.74. The zero-order valence-corrected chi connectivity index (χ0v) is 14.4. The van der Waals surface area contributed by atoms with Gasteiger partial charge in [-0.25, -0.2) is 8.42 Å². The number of carbonyl (C=O) groups excluding carboxylic acids is 1. The van der Waals surface area contributed by atoms with Crippen LogP contribution in [-0.4, -0.2) is 20.1 Å². The largest absolute Gasteiger partial charge is 0.326 e. The summed E-state index contributed by atoms with van der Waals surface area (Å²) in [6.45, 7) is 5.76. The third-order valence-electron chi connectivity index (χ3n) is 3.77. The second kappa shape index (κ2) is 6.96. The normalized spacial score (nSPS) is 11.3. The third-order valence-corrected chi connectivity index (χ3v) is 5.48. The molecule has 5 heteroatoms. The molecule has 0 atom stereocenters. The van der Waals surface area contributed by atoms with Crippen LogP contribution in [0.1, 0.15) is 23.1 Å². The number of anilines is 1. The summed E-state index contributed by atoms with van der Waals surface area (Å²) < 4.78 is 24.6. The molecule has 0 saturated carbocycles. The molecule has 2 aromatic rings. The van der Waals surface area contributed by atoms with Gasteiger partial charge in [-0.3, -0.25) is 4.79 Å². The summed E-state index contributed by atoms with van der Waals surface area (Å²) in [6.07, 6.45) is -0.0663. The minimum Gasteiger partial charge on any atom is -0.326 e. The molecule has 0 unspecified atom stereocenters. The fourth-order valence-corrected chi connectivity index (χ4v) is 3.43. The zero-order chi connectivity index (χ0) is 17.0. The SMILES string of the molecule is Cc1ccc(NC(=O)CCS(=O)(=O)c2ccc(C)c(C)c2)cc1. The molecule has 0 spiro atoms. The molecule has 23 heavy (non-hydrogen) atoms. The Morgan fingerprint density at radius 2 is 1.61 bits per heavy atom. The van der Waals surface area contributed by atoms with Crippen molar-refractivity contribution < 1.29 is 13.2 Å². The molecule has 0 radical (unpaired) electrons. The van der Waals surface area contributed by atoms with Gasteiger partial charge in [-0.2, -0.15) is 0 Å². The van der Waals surface area contributed by atoms with Gasteiger partial charge in [-0.15, -0.1) is 0 Å². The molecule has 0 bridgehead atoms. The molecule has 2 aromatic carbocycles. The van der Waals surface area contributed by atoms with Gasteiger partial charge in [0.1, 0.15) is 0 Å². The molecule has 0 aromatic heterocycles. The van der Waals surface area contributed by atoms with Gasteiger partial charge in [0.2, 0.25) is 5.91 Å². The Kier molecular flexibility index (Phi) is 5.21. The van der Waals surface area contributed by atoms with Gasteiger partial charge in [0.15, 0.2) is 9.84 Å². The molecule has 0 heterocycles. The average Bonchev–Trinajstić information content (AvgIpc) is 2.50. The Hall–Kier alpha value is -2.14. The number of sulfone groups is 1. The summed E-state index contributed by atoms with van der Waals surface area (Å²) in [5.74, 6) is -0.506. The lowest BCUT2D eigenvalue weighted by Gasteiger charge is -2.08. The van der Waals surface area contributed by atoms with Crippen molar-refractivity contribution in [1.82, 2.24) is 0 Å². The highest BCUT2D eigenvalue weighted by Crippen LogP contribution is 2.17. The Bertz CT molecular complexity index is 809. The standard InChI is InChI=1S/C18H21NO3S/c1-13-4-7-16(8-5-13)19-18(20)10-11-23(21,22)17-9-6-14(2)15(3)12-17/h4-9,12H,10-11H2,1-3H3,(H,19,20). The van der Waals surface area contributed by atoms with Crippen LogP contribution >= 0.6 is 0 Å². The van der Waals surface area contributed by atoms with Crippen molar-refractivity contribution in [2.75, 3.05) is 11.1 Å². The van der Waals surface area contributed by atoms with Crippen LogP contribution < -0.4 is 5.32 Å². The quantitative estimate of drug-likeness (QED) is 0.913. The Labute approximate surface area is 137 Å². The van der Waals surface area contributed by atoms with E-state index in [0.717, 1.165) is 16.7 Å². The summed E-state index contributed by atoms with van der Waals surface area (Å²) in [6, 6.07) is 12.4. The van der Waals surface area contributed by atoms with Gasteiger partial charge in [-0.05, 0) is 56.2 Å². The van der Waals surface area contributed by atoms with Crippen molar-refractivity contribution in [3.05, 3.63) is 59.2 Å². The topological polar surface area (TPSA) is 63.2 Å². The molecule has 0 aliphatic heterocycles. The predicted octanol–water partition coefficient (Wildman–Crippen LogP) is 3.41. The van der Waals surface area contributed by atoms with E-state index in [-0.39, 0.29) is 23.0 Å². The first-order valence-corrected chi connectivity index (χ1v) is 9.10. The number of rotatable bonds is 5. The fourth-order valence-electron chi connectivity index (χ4n) is 2.11. The Balaban J connectivity index is 1.99. The minimum absolute atomic E-state index is 0.0663. The van der Waals surface area contributed by atoms with Crippen LogP contribution in [0.15, 0.2) is 47.4 Å². The molecule has 122 valence electrons. The van der Waals surface area contributed by atoms with Crippen LogP contribution in [0.3, 0.4) is 0 Å². The number of aryl methyl sites for hydroxylation is 3. The highest BCUT2D eigenvalue weighted by molar-refractivity contribution is 7.91. The smallest absolute Gasteiger partial charge is 0.225 e. The number of hydrogen-bond acceptors (Lipinski definition) is 3. The van der Waals surface area contributed by atoms with E-state index in [1.54, 1.807) is 30.3 Å². The number of nitrogens with one attached hydrogen (secondary N) is 1. The van der Waals surface area contributed by atoms with E-state index in [1.807, 2.05) is 32.9 Å². The number of hydrogen-bond donors (Lipinski definition) is 1. The highest BCUT2D eigenvalue weighted by atomic mass is 32.2. The van der Waals surface area contributed by atoms with Crippen molar-refractivity contribution in [3.63, 3.8) is 0 Å². The number of benzene rings is 2. The molecule has 0 saturated heterocycles. The predicted molar refractivity (Wildman–Crippen MR) is 92.4 cm³/mol. The van der Waals surface area contributed by atoms with Gasteiger partial charge in [0, 0.05) is 12.1 Å². The summed E-state index contributed by atoms with van der Waals surface area (Å²) in [5, 5.41) is 2.71. The van der Waals surface area contributed by atoms with Crippen LogP contribution in [0.25, 0.3) is 0 Å². The first-order valence-electron chi connectivity index (χ1n) is 7.44.